The van der Waals surface area contributed by atoms with Crippen molar-refractivity contribution in [3.8, 4) is 0 Å². The SMILES string of the molecule is C[C@H](Nc1ccn2ncc(C(=N)NC(C)(C)O)c2n1)c1cc(F)ccc1Br. The normalized spacial score (nSPS) is 12.8. The highest BCUT2D eigenvalue weighted by Gasteiger charge is 2.19. The van der Waals surface area contributed by atoms with Gasteiger partial charge >= 0.3 is 0 Å². The summed E-state index contributed by atoms with van der Waals surface area (Å²) < 4.78 is 15.9. The number of halogens is 2. The number of aliphatic hydroxyl groups is 1. The van der Waals surface area contributed by atoms with Crippen molar-refractivity contribution in [1.82, 2.24) is 19.9 Å². The summed E-state index contributed by atoms with van der Waals surface area (Å²) in [6.07, 6.45) is 3.23. The maximum Gasteiger partial charge on any atom is 0.168 e. The Hall–Kier alpha value is -2.52. The van der Waals surface area contributed by atoms with Crippen LogP contribution in [-0.2, 0) is 0 Å². The monoisotopic (exact) mass is 434 g/mol. The van der Waals surface area contributed by atoms with Crippen LogP contribution in [0.3, 0.4) is 0 Å². The molecule has 3 aromatic rings. The van der Waals surface area contributed by atoms with Crippen LogP contribution in [0.4, 0.5) is 10.2 Å². The van der Waals surface area contributed by atoms with Crippen LogP contribution in [0.15, 0.2) is 41.1 Å². The predicted molar refractivity (Wildman–Crippen MR) is 105 cm³/mol. The van der Waals surface area contributed by atoms with Crippen LogP contribution in [0.5, 0.6) is 0 Å². The van der Waals surface area contributed by atoms with E-state index < -0.39 is 5.72 Å². The summed E-state index contributed by atoms with van der Waals surface area (Å²) in [5.74, 6) is 0.265. The molecule has 0 fully saturated rings. The van der Waals surface area contributed by atoms with Crippen molar-refractivity contribution < 1.29 is 9.50 Å². The van der Waals surface area contributed by atoms with Crippen LogP contribution in [0.1, 0.15) is 37.9 Å². The molecule has 1 atom stereocenters. The van der Waals surface area contributed by atoms with E-state index in [9.17, 15) is 9.50 Å². The van der Waals surface area contributed by atoms with Crippen molar-refractivity contribution in [3.05, 3.63) is 58.1 Å². The molecular weight excluding hydrogens is 415 g/mol. The van der Waals surface area contributed by atoms with Gasteiger partial charge in [0.05, 0.1) is 17.8 Å². The second kappa shape index (κ2) is 7.24. The zero-order valence-corrected chi connectivity index (χ0v) is 16.7. The van der Waals surface area contributed by atoms with E-state index in [-0.39, 0.29) is 17.7 Å². The minimum atomic E-state index is -1.24. The standard InChI is InChI=1S/C18H20BrFN6O/c1-10(12-8-11(20)4-5-14(12)19)23-15-6-7-26-17(24-15)13(9-22-26)16(21)25-18(2,3)27/h4-10,27H,1-3H3,(H2,21,25)(H,23,24)/t10-/m0/s1. The van der Waals surface area contributed by atoms with Crippen LogP contribution in [0.2, 0.25) is 0 Å². The Morgan fingerprint density at radius 3 is 2.81 bits per heavy atom. The lowest BCUT2D eigenvalue weighted by Gasteiger charge is -2.20. The van der Waals surface area contributed by atoms with Crippen molar-refractivity contribution in [1.29, 1.82) is 5.41 Å². The second-order valence-electron chi connectivity index (χ2n) is 6.73. The summed E-state index contributed by atoms with van der Waals surface area (Å²) >= 11 is 3.44. The van der Waals surface area contributed by atoms with E-state index in [1.54, 1.807) is 36.7 Å². The first-order valence-corrected chi connectivity index (χ1v) is 9.09. The number of benzene rings is 1. The second-order valence-corrected chi connectivity index (χ2v) is 7.58. The van der Waals surface area contributed by atoms with Gasteiger partial charge in [0.2, 0.25) is 0 Å². The maximum atomic E-state index is 13.6. The Kier molecular flexibility index (Phi) is 5.16. The molecule has 9 heteroatoms. The largest absolute Gasteiger partial charge is 0.372 e. The van der Waals surface area contributed by atoms with Crippen LogP contribution < -0.4 is 10.6 Å². The van der Waals surface area contributed by atoms with Gasteiger partial charge in [-0.2, -0.15) is 5.10 Å². The molecular formula is C18H20BrFN6O. The number of aromatic nitrogens is 3. The number of rotatable bonds is 5. The first-order chi connectivity index (χ1) is 12.6. The summed E-state index contributed by atoms with van der Waals surface area (Å²) in [7, 11) is 0. The summed E-state index contributed by atoms with van der Waals surface area (Å²) in [4.78, 5) is 4.52. The van der Waals surface area contributed by atoms with Crippen molar-refractivity contribution in [2.45, 2.75) is 32.5 Å². The van der Waals surface area contributed by atoms with Gasteiger partial charge in [0.1, 0.15) is 23.2 Å². The Bertz CT molecular complexity index is 997. The van der Waals surface area contributed by atoms with Crippen molar-refractivity contribution in [3.63, 3.8) is 0 Å². The fourth-order valence-corrected chi connectivity index (χ4v) is 3.23. The molecule has 0 amide bonds. The third-order valence-electron chi connectivity index (χ3n) is 3.86. The van der Waals surface area contributed by atoms with E-state index in [2.05, 4.69) is 36.6 Å². The lowest BCUT2D eigenvalue weighted by atomic mass is 10.1. The lowest BCUT2D eigenvalue weighted by Crippen LogP contribution is -2.43. The molecule has 0 aliphatic rings. The molecule has 0 spiro atoms. The summed E-state index contributed by atoms with van der Waals surface area (Å²) in [6, 6.07) is 6.07. The highest BCUT2D eigenvalue weighted by atomic mass is 79.9. The molecule has 0 aliphatic heterocycles. The van der Waals surface area contributed by atoms with Gasteiger partial charge in [0.25, 0.3) is 0 Å². The molecule has 0 aliphatic carbocycles. The molecule has 1 aromatic carbocycles. The van der Waals surface area contributed by atoms with Crippen molar-refractivity contribution in [2.75, 3.05) is 5.32 Å². The fraction of sp³-hybridized carbons (Fsp3) is 0.278. The molecule has 0 saturated heterocycles. The minimum absolute atomic E-state index is 0.0167. The molecule has 142 valence electrons. The quantitative estimate of drug-likeness (QED) is 0.280. The zero-order valence-electron chi connectivity index (χ0n) is 15.1. The van der Waals surface area contributed by atoms with Gasteiger partial charge in [-0.15, -0.1) is 0 Å². The molecule has 4 N–H and O–H groups in total. The number of amidine groups is 1. The highest BCUT2D eigenvalue weighted by Crippen LogP contribution is 2.27. The van der Waals surface area contributed by atoms with Gasteiger partial charge in [-0.3, -0.25) is 5.41 Å². The van der Waals surface area contributed by atoms with Crippen molar-refractivity contribution >= 4 is 33.2 Å². The fourth-order valence-electron chi connectivity index (χ4n) is 2.64. The summed E-state index contributed by atoms with van der Waals surface area (Å²) in [6.45, 7) is 5.00. The first-order valence-electron chi connectivity index (χ1n) is 8.29. The Morgan fingerprint density at radius 2 is 2.11 bits per heavy atom. The van der Waals surface area contributed by atoms with Crippen LogP contribution >= 0.6 is 15.9 Å². The van der Waals surface area contributed by atoms with Gasteiger partial charge in [0.15, 0.2) is 5.65 Å². The van der Waals surface area contributed by atoms with E-state index in [4.69, 9.17) is 5.41 Å². The molecule has 0 bridgehead atoms. The number of hydrogen-bond acceptors (Lipinski definition) is 5. The van der Waals surface area contributed by atoms with Gasteiger partial charge in [-0.1, -0.05) is 15.9 Å². The lowest BCUT2D eigenvalue weighted by molar-refractivity contribution is 0.0649. The highest BCUT2D eigenvalue weighted by molar-refractivity contribution is 9.10. The van der Waals surface area contributed by atoms with E-state index in [1.165, 1.54) is 18.3 Å². The number of nitrogens with one attached hydrogen (secondary N) is 3. The molecule has 2 heterocycles. The summed E-state index contributed by atoms with van der Waals surface area (Å²) in [5.41, 5.74) is 0.453. The molecule has 7 nitrogen and oxygen atoms in total. The molecule has 0 unspecified atom stereocenters. The maximum absolute atomic E-state index is 13.6. The Morgan fingerprint density at radius 1 is 1.37 bits per heavy atom. The minimum Gasteiger partial charge on any atom is -0.372 e. The van der Waals surface area contributed by atoms with E-state index in [0.717, 1.165) is 10.0 Å². The summed E-state index contributed by atoms with van der Waals surface area (Å²) in [5, 5.41) is 28.1. The van der Waals surface area contributed by atoms with Gasteiger partial charge in [0, 0.05) is 10.7 Å². The average Bonchev–Trinajstić information content (AvgIpc) is 2.98. The number of fused-ring (bicyclic) bond motifs is 1. The predicted octanol–water partition coefficient (Wildman–Crippen LogP) is 3.45. The number of nitrogens with zero attached hydrogens (tertiary/aromatic N) is 3. The van der Waals surface area contributed by atoms with E-state index in [0.29, 0.717) is 17.0 Å². The third kappa shape index (κ3) is 4.42. The Balaban J connectivity index is 1.89. The van der Waals surface area contributed by atoms with Crippen LogP contribution in [0.25, 0.3) is 5.65 Å². The Labute approximate surface area is 164 Å². The first kappa shape index (κ1) is 19.2. The smallest absolute Gasteiger partial charge is 0.168 e. The zero-order chi connectivity index (χ0) is 19.8. The molecule has 27 heavy (non-hydrogen) atoms. The molecule has 0 radical (unpaired) electrons. The molecule has 0 saturated carbocycles. The van der Waals surface area contributed by atoms with Crippen LogP contribution in [-0.4, -0.2) is 31.3 Å². The topological polar surface area (TPSA) is 98.3 Å². The molecule has 2 aromatic heterocycles. The van der Waals surface area contributed by atoms with Gasteiger partial charge < -0.3 is 15.7 Å². The van der Waals surface area contributed by atoms with Crippen LogP contribution in [0, 0.1) is 11.2 Å². The number of anilines is 1. The van der Waals surface area contributed by atoms with E-state index >= 15 is 0 Å². The van der Waals surface area contributed by atoms with Crippen molar-refractivity contribution in [2.24, 2.45) is 0 Å². The third-order valence-corrected chi connectivity index (χ3v) is 4.58. The van der Waals surface area contributed by atoms with Gasteiger partial charge in [-0.25, -0.2) is 13.9 Å². The molecule has 3 rings (SSSR count). The number of hydrogen-bond donors (Lipinski definition) is 4. The van der Waals surface area contributed by atoms with E-state index in [1.807, 2.05) is 6.92 Å². The average molecular weight is 435 g/mol. The van der Waals surface area contributed by atoms with Gasteiger partial charge in [-0.05, 0) is 50.6 Å².